The van der Waals surface area contributed by atoms with Crippen LogP contribution in [0.2, 0.25) is 0 Å². The van der Waals surface area contributed by atoms with Gasteiger partial charge in [0.2, 0.25) is 24.5 Å². The molecule has 55 heavy (non-hydrogen) atoms. The van der Waals surface area contributed by atoms with E-state index in [9.17, 15) is 42.0 Å². The van der Waals surface area contributed by atoms with Crippen LogP contribution >= 0.6 is 11.8 Å². The third kappa shape index (κ3) is 7.83. The first kappa shape index (κ1) is 41.3. The summed E-state index contributed by atoms with van der Waals surface area (Å²) in [5.41, 5.74) is 0.680. The second kappa shape index (κ2) is 15.7. The number of thioether (sulfide) groups is 1. The average molecular weight is 808 g/mol. The van der Waals surface area contributed by atoms with Crippen molar-refractivity contribution in [2.45, 2.75) is 105 Å². The number of fused-ring (bicyclic) bond motifs is 2. The standard InChI is InChI=1S/C35H45N5O13S2/c1-8-9-14-36-33(47)53-20-12-10-19(11-13-20)24(37-18(2)15-23(42)50-7)28(43)38-25-29(44)40-26(34(3,4)54-30(25)40)31(45)51-17-52-32(46)27-35(5,6)55(48,49)22-16-21(41)39(22)27/h10-13,15,22,24-27,30,37H,8-9,14,16-17H2,1-7H3,(H,36,47)(H,38,43)/t22-,24?,25-,26+,27+,30-/m1/s1. The summed E-state index contributed by atoms with van der Waals surface area (Å²) < 4.78 is 43.5. The van der Waals surface area contributed by atoms with Gasteiger partial charge in [0.1, 0.15) is 40.7 Å². The molecule has 0 spiro atoms. The van der Waals surface area contributed by atoms with E-state index in [0.29, 0.717) is 12.1 Å². The Morgan fingerprint density at radius 1 is 1.00 bits per heavy atom. The molecule has 0 saturated carbocycles. The molecule has 4 amide bonds. The van der Waals surface area contributed by atoms with E-state index >= 15 is 0 Å². The highest BCUT2D eigenvalue weighted by Gasteiger charge is 2.68. The van der Waals surface area contributed by atoms with Crippen LogP contribution in [-0.2, 0) is 52.8 Å². The number of carbonyl (C=O) groups is 7. The number of nitrogens with zero attached hydrogens (tertiary/aromatic N) is 2. The second-order valence-electron chi connectivity index (χ2n) is 14.5. The number of rotatable bonds is 14. The molecule has 300 valence electrons. The number of β-lactam (4-membered cyclic amide) rings is 2. The van der Waals surface area contributed by atoms with Gasteiger partial charge in [-0.25, -0.2) is 27.6 Å². The Bertz CT molecular complexity index is 1900. The molecular weight excluding hydrogens is 763 g/mol. The van der Waals surface area contributed by atoms with E-state index in [2.05, 4.69) is 20.7 Å². The number of carbonyl (C=O) groups excluding carboxylic acids is 7. The van der Waals surface area contributed by atoms with Gasteiger partial charge in [-0.3, -0.25) is 14.4 Å². The van der Waals surface area contributed by atoms with Crippen molar-refractivity contribution in [3.63, 3.8) is 0 Å². The van der Waals surface area contributed by atoms with Crippen LogP contribution in [0.25, 0.3) is 0 Å². The van der Waals surface area contributed by atoms with Gasteiger partial charge in [-0.1, -0.05) is 25.5 Å². The minimum Gasteiger partial charge on any atom is -0.466 e. The van der Waals surface area contributed by atoms with Crippen molar-refractivity contribution in [3.05, 3.63) is 41.6 Å². The van der Waals surface area contributed by atoms with Crippen LogP contribution in [0.1, 0.15) is 72.4 Å². The summed E-state index contributed by atoms with van der Waals surface area (Å²) in [4.78, 5) is 92.2. The Morgan fingerprint density at radius 3 is 2.24 bits per heavy atom. The van der Waals surface area contributed by atoms with Gasteiger partial charge >= 0.3 is 24.0 Å². The molecule has 20 heteroatoms. The van der Waals surface area contributed by atoms with Crippen molar-refractivity contribution in [1.82, 2.24) is 25.8 Å². The van der Waals surface area contributed by atoms with Gasteiger partial charge in [0.25, 0.3) is 0 Å². The number of nitrogens with one attached hydrogen (secondary N) is 3. The van der Waals surface area contributed by atoms with E-state index in [-0.39, 0.29) is 17.9 Å². The largest absolute Gasteiger partial charge is 0.466 e. The lowest BCUT2D eigenvalue weighted by Crippen LogP contribution is -2.71. The molecule has 4 fully saturated rings. The fraction of sp³-hybridized carbons (Fsp3) is 0.571. The summed E-state index contributed by atoms with van der Waals surface area (Å²) >= 11 is 1.25. The smallest absolute Gasteiger partial charge is 0.412 e. The lowest BCUT2D eigenvalue weighted by Gasteiger charge is -2.44. The predicted molar refractivity (Wildman–Crippen MR) is 194 cm³/mol. The van der Waals surface area contributed by atoms with Crippen molar-refractivity contribution >= 4 is 63.3 Å². The highest BCUT2D eigenvalue weighted by Crippen LogP contribution is 2.51. The number of hydrogen-bond donors (Lipinski definition) is 3. The molecule has 4 aliphatic rings. The maximum absolute atomic E-state index is 13.8. The minimum atomic E-state index is -3.86. The number of unbranched alkanes of at least 4 members (excludes halogenated alkanes) is 1. The molecule has 0 aromatic heterocycles. The zero-order valence-corrected chi connectivity index (χ0v) is 33.0. The molecule has 6 atom stereocenters. The van der Waals surface area contributed by atoms with Gasteiger partial charge in [0.05, 0.1) is 18.3 Å². The third-order valence-electron chi connectivity index (χ3n) is 9.96. The third-order valence-corrected chi connectivity index (χ3v) is 14.3. The van der Waals surface area contributed by atoms with Crippen LogP contribution < -0.4 is 20.7 Å². The maximum Gasteiger partial charge on any atom is 0.412 e. The fourth-order valence-corrected chi connectivity index (χ4v) is 10.7. The van der Waals surface area contributed by atoms with E-state index in [0.717, 1.165) is 23.8 Å². The van der Waals surface area contributed by atoms with Crippen molar-refractivity contribution in [2.75, 3.05) is 20.4 Å². The molecule has 4 saturated heterocycles. The minimum absolute atomic E-state index is 0.219. The van der Waals surface area contributed by atoms with Crippen molar-refractivity contribution < 1.29 is 60.9 Å². The Labute approximate surface area is 322 Å². The van der Waals surface area contributed by atoms with Crippen LogP contribution in [0, 0.1) is 0 Å². The first-order valence-corrected chi connectivity index (χ1v) is 20.0. The zero-order valence-electron chi connectivity index (χ0n) is 31.4. The number of benzene rings is 1. The van der Waals surface area contributed by atoms with Gasteiger partial charge in [-0.05, 0) is 58.7 Å². The number of sulfone groups is 1. The van der Waals surface area contributed by atoms with E-state index in [1.165, 1.54) is 49.8 Å². The molecule has 4 aliphatic heterocycles. The quantitative estimate of drug-likeness (QED) is 0.0783. The Kier molecular flexibility index (Phi) is 11.8. The Hall–Kier alpha value is -4.85. The summed E-state index contributed by atoms with van der Waals surface area (Å²) in [7, 11) is -2.65. The molecule has 0 bridgehead atoms. The number of hydrogen-bond acceptors (Lipinski definition) is 15. The molecular formula is C35H45N5O13S2. The van der Waals surface area contributed by atoms with Gasteiger partial charge in [-0.15, -0.1) is 11.8 Å². The van der Waals surface area contributed by atoms with E-state index in [4.69, 9.17) is 14.2 Å². The lowest BCUT2D eigenvalue weighted by molar-refractivity contribution is -0.181. The normalized spacial score (nSPS) is 25.9. The predicted octanol–water partition coefficient (Wildman–Crippen LogP) is 1.01. The maximum atomic E-state index is 13.8. The SMILES string of the molecule is CCCCNC(=O)Oc1ccc(C(NC(C)=CC(=O)OC)C(=O)N[C@@H]2C(=O)N3[C@@H]2SC(C)(C)[C@@H]3C(=O)OCOC(=O)[C@@H]2N3C(=O)C[C@H]3S(=O)(=O)C2(C)C)cc1. The number of allylic oxidation sites excluding steroid dienone is 1. The Morgan fingerprint density at radius 2 is 1.64 bits per heavy atom. The van der Waals surface area contributed by atoms with Crippen LogP contribution in [0.4, 0.5) is 4.79 Å². The van der Waals surface area contributed by atoms with Crippen LogP contribution in [0.3, 0.4) is 0 Å². The first-order valence-electron chi connectivity index (χ1n) is 17.5. The van der Waals surface area contributed by atoms with Crippen LogP contribution in [0.5, 0.6) is 5.75 Å². The summed E-state index contributed by atoms with van der Waals surface area (Å²) in [6, 6.07) is 1.33. The highest BCUT2D eigenvalue weighted by molar-refractivity contribution is 8.01. The fourth-order valence-electron chi connectivity index (χ4n) is 6.92. The number of esters is 3. The molecule has 18 nitrogen and oxygen atoms in total. The topological polar surface area (TPSA) is 233 Å². The number of methoxy groups -OCH3 is 1. The molecule has 5 rings (SSSR count). The number of ether oxygens (including phenoxy) is 4. The van der Waals surface area contributed by atoms with Crippen LogP contribution in [-0.4, -0.2) is 119 Å². The number of amides is 4. The first-order chi connectivity index (χ1) is 25.8. The molecule has 1 aromatic rings. The molecule has 1 aromatic carbocycles. The Balaban J connectivity index is 1.23. The average Bonchev–Trinajstić information content (AvgIpc) is 3.44. The molecule has 1 unspecified atom stereocenters. The zero-order chi connectivity index (χ0) is 40.6. The van der Waals surface area contributed by atoms with Gasteiger partial charge in [-0.2, -0.15) is 0 Å². The lowest BCUT2D eigenvalue weighted by atomic mass is 9.95. The van der Waals surface area contributed by atoms with E-state index < -0.39 is 103 Å². The molecule has 0 aliphatic carbocycles. The summed E-state index contributed by atoms with van der Waals surface area (Å²) in [5, 5.41) is 6.55. The monoisotopic (exact) mass is 807 g/mol. The molecule has 4 heterocycles. The van der Waals surface area contributed by atoms with Gasteiger partial charge < -0.3 is 44.7 Å². The molecule has 0 radical (unpaired) electrons. The van der Waals surface area contributed by atoms with Gasteiger partial charge in [0, 0.05) is 23.1 Å². The second-order valence-corrected chi connectivity index (χ2v) is 18.9. The summed E-state index contributed by atoms with van der Waals surface area (Å²) in [5.74, 6) is -4.12. The molecule has 3 N–H and O–H groups in total. The van der Waals surface area contributed by atoms with Crippen LogP contribution in [0.15, 0.2) is 36.0 Å². The van der Waals surface area contributed by atoms with Crippen molar-refractivity contribution in [2.24, 2.45) is 0 Å². The summed E-state index contributed by atoms with van der Waals surface area (Å²) in [6.45, 7) is 9.18. The van der Waals surface area contributed by atoms with E-state index in [1.807, 2.05) is 6.92 Å². The van der Waals surface area contributed by atoms with Crippen molar-refractivity contribution in [1.29, 1.82) is 0 Å². The van der Waals surface area contributed by atoms with Gasteiger partial charge in [0.15, 0.2) is 9.84 Å². The van der Waals surface area contributed by atoms with Crippen molar-refractivity contribution in [3.8, 4) is 5.75 Å². The van der Waals surface area contributed by atoms with E-state index in [1.54, 1.807) is 32.9 Å². The highest BCUT2D eigenvalue weighted by atomic mass is 32.2. The summed E-state index contributed by atoms with van der Waals surface area (Å²) in [6.07, 6.45) is 1.97.